The second kappa shape index (κ2) is 15.9. The van der Waals surface area contributed by atoms with Crippen LogP contribution in [0.1, 0.15) is 74.6 Å². The van der Waals surface area contributed by atoms with Crippen molar-refractivity contribution in [1.82, 2.24) is 18.7 Å². The second-order valence-electron chi connectivity index (χ2n) is 18.9. The molecule has 0 radical (unpaired) electrons. The van der Waals surface area contributed by atoms with E-state index in [0.717, 1.165) is 56.2 Å². The van der Waals surface area contributed by atoms with Gasteiger partial charge in [-0.15, -0.1) is 0 Å². The molecule has 10 aromatic rings. The standard InChI is InChI=1S/C59H50N4O.Pt/c1-59(2,3)42-33-34-60-54(35-42)63-50-28-11-10-25-46(50)47-32-31-45(37-53(47)63)64-44-24-16-23-43(36-44)61-38-62(52-30-13-12-29-51(52)61)58-56(40-17-6-4-7-18-40)48-26-14-21-39-22-15-27-49(55(39)48)57(58)41-19-8-5-9-20-41;/h4-13,16-20,23-25,28-37,39H,14-15,21-22,26-27H2,1-3H3;. The van der Waals surface area contributed by atoms with Crippen molar-refractivity contribution in [3.8, 4) is 50.9 Å². The SMILES string of the molecule is CC(C)(C)c1ccnc(-n2c3ccccc3c3ccc(Oc4cccc(-n5[c](=[Pt])n(-c6c(-c7ccccc7)c7c8c(c6-c6ccccc6)CCCC8CCC7)c6ccccc65)c4)cc32)c1. The monoisotopic (exact) mass is 1030 g/mol. The van der Waals surface area contributed by atoms with Gasteiger partial charge in [0.1, 0.15) is 0 Å². The summed E-state index contributed by atoms with van der Waals surface area (Å²) in [5.74, 6) is 3.07. The van der Waals surface area contributed by atoms with Gasteiger partial charge in [0.15, 0.2) is 0 Å². The van der Waals surface area contributed by atoms with E-state index < -0.39 is 0 Å². The first-order chi connectivity index (χ1) is 31.8. The number of hydrogen-bond donors (Lipinski definition) is 0. The molecular weight excluding hydrogens is 976 g/mol. The number of pyridine rings is 1. The van der Waals surface area contributed by atoms with Crippen LogP contribution in [0, 0.1) is 3.80 Å². The Balaban J connectivity index is 1.03. The molecule has 5 nitrogen and oxygen atoms in total. The molecule has 0 saturated heterocycles. The zero-order valence-electron chi connectivity index (χ0n) is 37.0. The zero-order valence-corrected chi connectivity index (χ0v) is 39.3. The van der Waals surface area contributed by atoms with Crippen molar-refractivity contribution in [2.45, 2.75) is 70.6 Å². The first kappa shape index (κ1) is 40.0. The van der Waals surface area contributed by atoms with Gasteiger partial charge in [0.05, 0.1) is 0 Å². The predicted molar refractivity (Wildman–Crippen MR) is 263 cm³/mol. The minimum atomic E-state index is -0.00757. The van der Waals surface area contributed by atoms with Gasteiger partial charge in [-0.1, -0.05) is 32.9 Å². The zero-order chi connectivity index (χ0) is 43.8. The quantitative estimate of drug-likeness (QED) is 0.160. The summed E-state index contributed by atoms with van der Waals surface area (Å²) in [6.07, 6.45) is 9.16. The fourth-order valence-corrected chi connectivity index (χ4v) is 12.2. The van der Waals surface area contributed by atoms with Crippen LogP contribution in [-0.4, -0.2) is 18.7 Å². The third-order valence-electron chi connectivity index (χ3n) is 13.9. The Kier molecular flexibility index (Phi) is 9.76. The van der Waals surface area contributed by atoms with E-state index in [4.69, 9.17) is 9.72 Å². The van der Waals surface area contributed by atoms with Crippen LogP contribution in [-0.2, 0) is 37.6 Å². The molecule has 0 saturated carbocycles. The van der Waals surface area contributed by atoms with Gasteiger partial charge in [0.25, 0.3) is 0 Å². The average molecular weight is 1030 g/mol. The third-order valence-corrected chi connectivity index (χ3v) is 15.0. The van der Waals surface area contributed by atoms with Crippen molar-refractivity contribution in [2.75, 3.05) is 0 Å². The number of aromatic nitrogens is 4. The Bertz CT molecular complexity index is 3460. The van der Waals surface area contributed by atoms with E-state index in [1.807, 2.05) is 6.20 Å². The van der Waals surface area contributed by atoms with Crippen molar-refractivity contribution >= 4 is 32.8 Å². The van der Waals surface area contributed by atoms with Gasteiger partial charge in [0, 0.05) is 6.20 Å². The maximum atomic E-state index is 6.86. The van der Waals surface area contributed by atoms with Gasteiger partial charge < -0.3 is 0 Å². The molecule has 0 N–H and O–H groups in total. The van der Waals surface area contributed by atoms with E-state index in [-0.39, 0.29) is 5.41 Å². The van der Waals surface area contributed by atoms with Crippen LogP contribution in [0.4, 0.5) is 0 Å². The van der Waals surface area contributed by atoms with Gasteiger partial charge >= 0.3 is 337 Å². The Morgan fingerprint density at radius 1 is 0.554 bits per heavy atom. The number of imidazole rings is 1. The number of para-hydroxylation sites is 3. The van der Waals surface area contributed by atoms with Crippen molar-refractivity contribution in [1.29, 1.82) is 0 Å². The molecular formula is C59H50N4OPt. The van der Waals surface area contributed by atoms with Crippen LogP contribution in [0.25, 0.3) is 72.3 Å². The van der Waals surface area contributed by atoms with Crippen molar-refractivity contribution < 1.29 is 24.1 Å². The molecule has 3 heterocycles. The molecule has 65 heavy (non-hydrogen) atoms. The van der Waals surface area contributed by atoms with Crippen LogP contribution in [0.5, 0.6) is 11.5 Å². The summed E-state index contributed by atoms with van der Waals surface area (Å²) in [5.41, 5.74) is 18.2. The van der Waals surface area contributed by atoms with Gasteiger partial charge in [-0.25, -0.2) is 0 Å². The molecule has 0 bridgehead atoms. The summed E-state index contributed by atoms with van der Waals surface area (Å²) in [6.45, 7) is 6.74. The van der Waals surface area contributed by atoms with E-state index in [9.17, 15) is 0 Å². The van der Waals surface area contributed by atoms with Crippen LogP contribution < -0.4 is 4.74 Å². The van der Waals surface area contributed by atoms with Gasteiger partial charge in [-0.05, 0) is 17.0 Å². The van der Waals surface area contributed by atoms with Crippen molar-refractivity contribution in [3.63, 3.8) is 0 Å². The number of ether oxygens (including phenoxy) is 1. The summed E-state index contributed by atoms with van der Waals surface area (Å²) in [7, 11) is 0. The van der Waals surface area contributed by atoms with E-state index in [0.29, 0.717) is 5.92 Å². The van der Waals surface area contributed by atoms with Gasteiger partial charge in [-0.2, -0.15) is 0 Å². The Morgan fingerprint density at radius 2 is 1.15 bits per heavy atom. The molecule has 3 aromatic heterocycles. The molecule has 0 amide bonds. The molecule has 12 rings (SSSR count). The third kappa shape index (κ3) is 6.69. The predicted octanol–water partition coefficient (Wildman–Crippen LogP) is 15.2. The Morgan fingerprint density at radius 3 is 1.83 bits per heavy atom. The van der Waals surface area contributed by atoms with E-state index in [1.165, 1.54) is 75.5 Å². The average Bonchev–Trinajstić information content (AvgIpc) is 3.82. The summed E-state index contributed by atoms with van der Waals surface area (Å²) < 4.78 is 15.2. The maximum absolute atomic E-state index is 6.86. The van der Waals surface area contributed by atoms with E-state index in [2.05, 4.69) is 218 Å². The fourth-order valence-electron chi connectivity index (χ4n) is 11.1. The molecule has 0 atom stereocenters. The Labute approximate surface area is 391 Å². The van der Waals surface area contributed by atoms with Crippen LogP contribution in [0.2, 0.25) is 0 Å². The Hall–Kier alpha value is -6.55. The van der Waals surface area contributed by atoms with Crippen LogP contribution in [0.3, 0.4) is 0 Å². The topological polar surface area (TPSA) is 36.9 Å². The number of benzene rings is 7. The molecule has 6 heteroatoms. The number of fused-ring (bicyclic) bond motifs is 4. The summed E-state index contributed by atoms with van der Waals surface area (Å²) in [4.78, 5) is 4.91. The van der Waals surface area contributed by atoms with Crippen molar-refractivity contribution in [2.24, 2.45) is 0 Å². The normalized spacial score (nSPS) is 14.0. The first-order valence-corrected chi connectivity index (χ1v) is 24.2. The molecule has 0 fully saturated rings. The number of hydrogen-bond acceptors (Lipinski definition) is 2. The summed E-state index contributed by atoms with van der Waals surface area (Å²) in [6, 6.07) is 59.3. The molecule has 2 aliphatic rings. The molecule has 0 unspecified atom stereocenters. The van der Waals surface area contributed by atoms with Crippen LogP contribution >= 0.6 is 0 Å². The van der Waals surface area contributed by atoms with Gasteiger partial charge in [0.2, 0.25) is 0 Å². The molecule has 7 aromatic carbocycles. The van der Waals surface area contributed by atoms with Crippen molar-refractivity contribution in [3.05, 3.63) is 196 Å². The molecule has 322 valence electrons. The van der Waals surface area contributed by atoms with E-state index in [1.54, 1.807) is 16.7 Å². The summed E-state index contributed by atoms with van der Waals surface area (Å²) in [5, 5.41) is 2.36. The summed E-state index contributed by atoms with van der Waals surface area (Å²) >= 11 is 2.59. The molecule has 2 aliphatic carbocycles. The fraction of sp³-hybridized carbons (Fsp3) is 0.186. The minimum absolute atomic E-state index is 0.00757. The van der Waals surface area contributed by atoms with Gasteiger partial charge in [-0.3, -0.25) is 0 Å². The first-order valence-electron chi connectivity index (χ1n) is 23.1. The second-order valence-corrected chi connectivity index (χ2v) is 19.9. The number of nitrogens with zero attached hydrogens (tertiary/aromatic N) is 4. The van der Waals surface area contributed by atoms with E-state index >= 15 is 0 Å². The molecule has 0 aliphatic heterocycles. The number of rotatable bonds is 7. The van der Waals surface area contributed by atoms with Crippen LogP contribution in [0.15, 0.2) is 170 Å². The molecule has 0 spiro atoms.